The van der Waals surface area contributed by atoms with Crippen LogP contribution in [0.3, 0.4) is 0 Å². The number of nitrogens with one attached hydrogen (secondary N) is 1. The fraction of sp³-hybridized carbons (Fsp3) is 0.409. The van der Waals surface area contributed by atoms with E-state index in [-0.39, 0.29) is 11.5 Å². The number of aromatic amines is 1. The summed E-state index contributed by atoms with van der Waals surface area (Å²) >= 11 is 1.60. The highest BCUT2D eigenvalue weighted by Crippen LogP contribution is 2.35. The van der Waals surface area contributed by atoms with Gasteiger partial charge in [-0.2, -0.15) is 0 Å². The van der Waals surface area contributed by atoms with Crippen LogP contribution < -0.4 is 5.56 Å². The lowest BCUT2D eigenvalue weighted by molar-refractivity contribution is -0.148. The average molecular weight is 397 g/mol. The van der Waals surface area contributed by atoms with Crippen LogP contribution in [0.4, 0.5) is 0 Å². The van der Waals surface area contributed by atoms with Gasteiger partial charge in [-0.25, -0.2) is 4.98 Å². The first-order chi connectivity index (χ1) is 13.5. The first-order valence-electron chi connectivity index (χ1n) is 9.79. The van der Waals surface area contributed by atoms with Crippen LogP contribution in [0.2, 0.25) is 0 Å². The summed E-state index contributed by atoms with van der Waals surface area (Å²) in [5.41, 5.74) is 2.13. The number of aryl methyl sites for hydroxylation is 2. The second-order valence-corrected chi connectivity index (χ2v) is 8.68. The SMILES string of the molecule is C[C@H]1CCc2c(sc3nc([C@H](C)OC(=O)CCc4ccccc4)[nH]c(=O)c23)C1. The fourth-order valence-electron chi connectivity index (χ4n) is 3.76. The summed E-state index contributed by atoms with van der Waals surface area (Å²) in [6.07, 6.45) is 3.39. The van der Waals surface area contributed by atoms with E-state index < -0.39 is 6.10 Å². The Hall–Kier alpha value is -2.47. The first-order valence-corrected chi connectivity index (χ1v) is 10.6. The summed E-state index contributed by atoms with van der Waals surface area (Å²) in [5, 5.41) is 0.721. The van der Waals surface area contributed by atoms with E-state index in [1.165, 1.54) is 4.88 Å². The Morgan fingerprint density at radius 2 is 2.14 bits per heavy atom. The van der Waals surface area contributed by atoms with Gasteiger partial charge < -0.3 is 9.72 Å². The summed E-state index contributed by atoms with van der Waals surface area (Å²) < 4.78 is 5.51. The van der Waals surface area contributed by atoms with E-state index >= 15 is 0 Å². The number of hydrogen-bond donors (Lipinski definition) is 1. The van der Waals surface area contributed by atoms with Gasteiger partial charge >= 0.3 is 5.97 Å². The molecule has 1 aliphatic rings. The molecule has 0 unspecified atom stereocenters. The van der Waals surface area contributed by atoms with E-state index in [1.54, 1.807) is 18.3 Å². The molecule has 146 valence electrons. The van der Waals surface area contributed by atoms with E-state index in [1.807, 2.05) is 30.3 Å². The van der Waals surface area contributed by atoms with Crippen LogP contribution in [0, 0.1) is 5.92 Å². The number of carbonyl (C=O) groups is 1. The molecule has 1 aromatic carbocycles. The van der Waals surface area contributed by atoms with Crippen molar-refractivity contribution < 1.29 is 9.53 Å². The smallest absolute Gasteiger partial charge is 0.306 e. The lowest BCUT2D eigenvalue weighted by atomic mass is 9.89. The first kappa shape index (κ1) is 18.9. The largest absolute Gasteiger partial charge is 0.454 e. The second kappa shape index (κ2) is 7.87. The number of rotatable bonds is 5. The highest BCUT2D eigenvalue weighted by molar-refractivity contribution is 7.18. The molecule has 5 nitrogen and oxygen atoms in total. The Labute approximate surface area is 167 Å². The van der Waals surface area contributed by atoms with Crippen molar-refractivity contribution >= 4 is 27.5 Å². The van der Waals surface area contributed by atoms with Crippen LogP contribution in [0.5, 0.6) is 0 Å². The molecule has 28 heavy (non-hydrogen) atoms. The van der Waals surface area contributed by atoms with Crippen molar-refractivity contribution in [1.82, 2.24) is 9.97 Å². The highest BCUT2D eigenvalue weighted by Gasteiger charge is 2.24. The van der Waals surface area contributed by atoms with Gasteiger partial charge in [0.2, 0.25) is 0 Å². The van der Waals surface area contributed by atoms with Crippen LogP contribution >= 0.6 is 11.3 Å². The molecular weight excluding hydrogens is 372 g/mol. The standard InChI is InChI=1S/C22H24N2O3S/c1-13-8-10-16-17(12-13)28-22-19(16)21(26)23-20(24-22)14(2)27-18(25)11-9-15-6-4-3-5-7-15/h3-7,13-14H,8-12H2,1-2H3,(H,23,24,26)/t13-,14-/m0/s1. The maximum absolute atomic E-state index is 12.7. The summed E-state index contributed by atoms with van der Waals surface area (Å²) in [6.45, 7) is 3.99. The summed E-state index contributed by atoms with van der Waals surface area (Å²) in [7, 11) is 0. The van der Waals surface area contributed by atoms with Gasteiger partial charge in [0.1, 0.15) is 4.83 Å². The minimum atomic E-state index is -0.585. The van der Waals surface area contributed by atoms with Crippen molar-refractivity contribution in [3.63, 3.8) is 0 Å². The van der Waals surface area contributed by atoms with Crippen molar-refractivity contribution in [3.05, 3.63) is 62.5 Å². The molecule has 6 heteroatoms. The quantitative estimate of drug-likeness (QED) is 0.651. The Morgan fingerprint density at radius 1 is 1.36 bits per heavy atom. The molecule has 0 amide bonds. The third kappa shape index (κ3) is 3.87. The molecule has 0 saturated heterocycles. The Morgan fingerprint density at radius 3 is 2.93 bits per heavy atom. The minimum Gasteiger partial charge on any atom is -0.454 e. The number of nitrogens with zero attached hydrogens (tertiary/aromatic N) is 1. The predicted octanol–water partition coefficient (Wildman–Crippen LogP) is 4.35. The molecule has 0 saturated carbocycles. The molecule has 0 radical (unpaired) electrons. The molecule has 2 atom stereocenters. The van der Waals surface area contributed by atoms with Gasteiger partial charge in [-0.05, 0) is 49.7 Å². The average Bonchev–Trinajstić information content (AvgIpc) is 3.05. The molecule has 2 heterocycles. The normalized spacial score (nSPS) is 17.3. The maximum atomic E-state index is 12.7. The van der Waals surface area contributed by atoms with Crippen LogP contribution in [0.25, 0.3) is 10.2 Å². The Kier molecular flexibility index (Phi) is 5.31. The van der Waals surface area contributed by atoms with Crippen LogP contribution in [-0.2, 0) is 28.8 Å². The number of thiophene rings is 1. The number of esters is 1. The number of carbonyl (C=O) groups excluding carboxylic acids is 1. The zero-order chi connectivity index (χ0) is 19.7. The summed E-state index contributed by atoms with van der Waals surface area (Å²) in [5.74, 6) is 0.763. The third-order valence-corrected chi connectivity index (χ3v) is 6.49. The molecule has 0 spiro atoms. The number of ether oxygens (including phenoxy) is 1. The fourth-order valence-corrected chi connectivity index (χ4v) is 5.15. The van der Waals surface area contributed by atoms with Gasteiger partial charge in [-0.1, -0.05) is 37.3 Å². The van der Waals surface area contributed by atoms with Gasteiger partial charge in [0, 0.05) is 11.3 Å². The third-order valence-electron chi connectivity index (χ3n) is 5.34. The Bertz CT molecular complexity index is 1050. The predicted molar refractivity (Wildman–Crippen MR) is 111 cm³/mol. The van der Waals surface area contributed by atoms with Crippen molar-refractivity contribution in [3.8, 4) is 0 Å². The lowest BCUT2D eigenvalue weighted by Gasteiger charge is -2.17. The number of H-pyrrole nitrogens is 1. The van der Waals surface area contributed by atoms with Crippen molar-refractivity contribution in [1.29, 1.82) is 0 Å². The van der Waals surface area contributed by atoms with Crippen molar-refractivity contribution in [2.75, 3.05) is 0 Å². The van der Waals surface area contributed by atoms with E-state index in [0.717, 1.165) is 40.6 Å². The molecule has 1 N–H and O–H groups in total. The molecule has 0 aliphatic heterocycles. The van der Waals surface area contributed by atoms with Gasteiger partial charge in [-0.15, -0.1) is 11.3 Å². The van der Waals surface area contributed by atoms with Gasteiger partial charge in [0.25, 0.3) is 5.56 Å². The molecule has 4 rings (SSSR count). The van der Waals surface area contributed by atoms with Crippen LogP contribution in [0.1, 0.15) is 54.6 Å². The molecule has 3 aromatic rings. The van der Waals surface area contributed by atoms with Crippen molar-refractivity contribution in [2.24, 2.45) is 5.92 Å². The van der Waals surface area contributed by atoms with Crippen LogP contribution in [-0.4, -0.2) is 15.9 Å². The number of aromatic nitrogens is 2. The Balaban J connectivity index is 1.49. The van der Waals surface area contributed by atoms with E-state index in [2.05, 4.69) is 16.9 Å². The molecular formula is C22H24N2O3S. The van der Waals surface area contributed by atoms with E-state index in [0.29, 0.717) is 24.6 Å². The van der Waals surface area contributed by atoms with Crippen LogP contribution in [0.15, 0.2) is 35.1 Å². The summed E-state index contributed by atoms with van der Waals surface area (Å²) in [6, 6.07) is 9.83. The van der Waals surface area contributed by atoms with Gasteiger partial charge in [-0.3, -0.25) is 9.59 Å². The summed E-state index contributed by atoms with van der Waals surface area (Å²) in [4.78, 5) is 34.4. The maximum Gasteiger partial charge on any atom is 0.306 e. The minimum absolute atomic E-state index is 0.126. The van der Waals surface area contributed by atoms with Crippen molar-refractivity contribution in [2.45, 2.75) is 52.1 Å². The number of hydrogen-bond acceptors (Lipinski definition) is 5. The lowest BCUT2D eigenvalue weighted by Crippen LogP contribution is -2.18. The zero-order valence-corrected chi connectivity index (χ0v) is 17.0. The molecule has 1 aliphatic carbocycles. The monoisotopic (exact) mass is 396 g/mol. The molecule has 0 fully saturated rings. The van der Waals surface area contributed by atoms with Gasteiger partial charge in [0.15, 0.2) is 11.9 Å². The van der Waals surface area contributed by atoms with E-state index in [4.69, 9.17) is 4.74 Å². The number of fused-ring (bicyclic) bond motifs is 3. The second-order valence-electron chi connectivity index (χ2n) is 7.60. The van der Waals surface area contributed by atoms with E-state index in [9.17, 15) is 9.59 Å². The highest BCUT2D eigenvalue weighted by atomic mass is 32.1. The molecule has 2 aromatic heterocycles. The molecule has 0 bridgehead atoms. The zero-order valence-electron chi connectivity index (χ0n) is 16.2. The topological polar surface area (TPSA) is 72.0 Å². The van der Waals surface area contributed by atoms with Gasteiger partial charge in [0.05, 0.1) is 5.39 Å². The number of benzene rings is 1.